The zero-order chi connectivity index (χ0) is 22.1. The van der Waals surface area contributed by atoms with E-state index in [1.807, 2.05) is 24.3 Å². The summed E-state index contributed by atoms with van der Waals surface area (Å²) >= 11 is 0. The van der Waals surface area contributed by atoms with Gasteiger partial charge in [0.2, 0.25) is 0 Å². The average molecular weight is 436 g/mol. The number of methoxy groups -OCH3 is 1. The van der Waals surface area contributed by atoms with Crippen molar-refractivity contribution < 1.29 is 19.4 Å². The molecule has 32 heavy (non-hydrogen) atoms. The third-order valence-corrected chi connectivity index (χ3v) is 6.67. The lowest BCUT2D eigenvalue weighted by molar-refractivity contribution is -0.0591. The van der Waals surface area contributed by atoms with Gasteiger partial charge in [-0.2, -0.15) is 0 Å². The Kier molecular flexibility index (Phi) is 5.95. The molecule has 0 radical (unpaired) electrons. The smallest absolute Gasteiger partial charge is 0.337 e. The first kappa shape index (κ1) is 21.1. The number of aliphatic hydroxyl groups excluding tert-OH is 1. The molecule has 1 N–H and O–H groups in total. The summed E-state index contributed by atoms with van der Waals surface area (Å²) in [7, 11) is 1.40. The zero-order valence-corrected chi connectivity index (χ0v) is 18.4. The molecule has 5 rings (SSSR count). The number of aliphatic hydroxyl groups is 1. The fraction of sp³-hybridized carbons (Fsp3) is 0.440. The maximum Gasteiger partial charge on any atom is 0.337 e. The highest BCUT2D eigenvalue weighted by molar-refractivity contribution is 5.93. The van der Waals surface area contributed by atoms with Gasteiger partial charge in [0.1, 0.15) is 5.82 Å². The molecule has 0 amide bonds. The number of hydrogen-bond acceptors (Lipinski definition) is 6. The van der Waals surface area contributed by atoms with Crippen molar-refractivity contribution in [3.8, 4) is 0 Å². The van der Waals surface area contributed by atoms with Crippen LogP contribution in [0.1, 0.15) is 46.1 Å². The van der Waals surface area contributed by atoms with Crippen LogP contribution < -0.4 is 0 Å². The summed E-state index contributed by atoms with van der Waals surface area (Å²) in [4.78, 5) is 19.4. The topological polar surface area (TPSA) is 76.8 Å². The average Bonchev–Trinajstić information content (AvgIpc) is 3.40. The highest BCUT2D eigenvalue weighted by Crippen LogP contribution is 2.30. The van der Waals surface area contributed by atoms with E-state index in [-0.39, 0.29) is 18.7 Å². The van der Waals surface area contributed by atoms with Crippen molar-refractivity contribution >= 4 is 17.0 Å². The maximum atomic E-state index is 12.1. The molecule has 2 aromatic carbocycles. The molecule has 0 saturated carbocycles. The number of fused-ring (bicyclic) bond motifs is 1. The molecule has 1 unspecified atom stereocenters. The van der Waals surface area contributed by atoms with Crippen molar-refractivity contribution in [3.63, 3.8) is 0 Å². The largest absolute Gasteiger partial charge is 0.465 e. The fourth-order valence-electron chi connectivity index (χ4n) is 4.77. The van der Waals surface area contributed by atoms with Crippen molar-refractivity contribution in [3.05, 3.63) is 65.0 Å². The molecule has 2 atom stereocenters. The molecule has 0 spiro atoms. The normalized spacial score (nSPS) is 21.1. The van der Waals surface area contributed by atoms with Crippen LogP contribution in [0, 0.1) is 0 Å². The summed E-state index contributed by atoms with van der Waals surface area (Å²) in [5.41, 5.74) is 4.62. The number of likely N-dealkylation sites (tertiary alicyclic amines) is 1. The summed E-state index contributed by atoms with van der Waals surface area (Å²) in [5, 5.41) is 9.46. The Bertz CT molecular complexity index is 1120. The van der Waals surface area contributed by atoms with Gasteiger partial charge in [0.25, 0.3) is 0 Å². The van der Waals surface area contributed by atoms with Crippen molar-refractivity contribution in [2.75, 3.05) is 26.8 Å². The van der Waals surface area contributed by atoms with Crippen molar-refractivity contribution in [1.29, 1.82) is 0 Å². The number of carbonyl (C=O) groups is 1. The summed E-state index contributed by atoms with van der Waals surface area (Å²) in [6.07, 6.45) is 2.33. The zero-order valence-electron chi connectivity index (χ0n) is 18.4. The second-order valence-corrected chi connectivity index (χ2v) is 8.74. The first-order chi connectivity index (χ1) is 15.6. The maximum absolute atomic E-state index is 12.1. The predicted octanol–water partition coefficient (Wildman–Crippen LogP) is 3.09. The Morgan fingerprint density at radius 3 is 2.88 bits per heavy atom. The lowest BCUT2D eigenvalue weighted by atomic mass is 9.97. The minimum atomic E-state index is -0.339. The summed E-state index contributed by atoms with van der Waals surface area (Å²) in [6.45, 7) is 4.35. The van der Waals surface area contributed by atoms with Crippen molar-refractivity contribution in [2.24, 2.45) is 0 Å². The number of carbonyl (C=O) groups excluding carboxylic acids is 1. The van der Waals surface area contributed by atoms with E-state index in [1.165, 1.54) is 12.7 Å². The molecule has 168 valence electrons. The standard InChI is InChI=1S/C25H29N3O4/c1-31-25(30)19-5-6-22-23(12-19)28(14-21-8-10-32-21)24(26-22)15-27-9-7-20(13-27)18-4-2-3-17(11-18)16-29/h2-6,11-12,20-21,29H,7-10,13-16H2,1H3/t20-,21?/m0/s1. The van der Waals surface area contributed by atoms with Crippen molar-refractivity contribution in [1.82, 2.24) is 14.5 Å². The van der Waals surface area contributed by atoms with Gasteiger partial charge in [-0.25, -0.2) is 9.78 Å². The summed E-state index contributed by atoms with van der Waals surface area (Å²) in [5.74, 6) is 1.12. The molecular formula is C25H29N3O4. The van der Waals surface area contributed by atoms with E-state index < -0.39 is 0 Å². The van der Waals surface area contributed by atoms with Crippen LogP contribution in [0.4, 0.5) is 0 Å². The number of rotatable bonds is 7. The minimum absolute atomic E-state index is 0.0745. The van der Waals surface area contributed by atoms with Gasteiger partial charge in [0.05, 0.1) is 49.5 Å². The molecule has 7 heteroatoms. The molecule has 0 bridgehead atoms. The van der Waals surface area contributed by atoms with Crippen LogP contribution in [0.2, 0.25) is 0 Å². The second-order valence-electron chi connectivity index (χ2n) is 8.74. The molecule has 1 aromatic heterocycles. The van der Waals surface area contributed by atoms with E-state index in [0.717, 1.165) is 68.0 Å². The summed E-state index contributed by atoms with van der Waals surface area (Å²) < 4.78 is 12.8. The number of hydrogen-bond donors (Lipinski definition) is 1. The quantitative estimate of drug-likeness (QED) is 0.575. The van der Waals surface area contributed by atoms with Crippen LogP contribution >= 0.6 is 0 Å². The highest BCUT2D eigenvalue weighted by Gasteiger charge is 2.27. The molecule has 3 heterocycles. The monoisotopic (exact) mass is 435 g/mol. The fourth-order valence-corrected chi connectivity index (χ4v) is 4.77. The molecule has 7 nitrogen and oxygen atoms in total. The first-order valence-electron chi connectivity index (χ1n) is 11.3. The van der Waals surface area contributed by atoms with E-state index in [1.54, 1.807) is 6.07 Å². The van der Waals surface area contributed by atoms with Crippen LogP contribution in [-0.4, -0.2) is 58.4 Å². The molecule has 2 aliphatic heterocycles. The molecule has 0 aliphatic carbocycles. The molecule has 3 aromatic rings. The number of benzene rings is 2. The van der Waals surface area contributed by atoms with Crippen LogP contribution in [0.3, 0.4) is 0 Å². The van der Waals surface area contributed by atoms with E-state index in [0.29, 0.717) is 11.5 Å². The number of nitrogens with zero attached hydrogens (tertiary/aromatic N) is 3. The Balaban J connectivity index is 1.39. The summed E-state index contributed by atoms with van der Waals surface area (Å²) in [6, 6.07) is 13.8. The van der Waals surface area contributed by atoms with Crippen molar-refractivity contribution in [2.45, 2.75) is 44.6 Å². The molecule has 2 aliphatic rings. The van der Waals surface area contributed by atoms with Gasteiger partial charge in [-0.05, 0) is 54.6 Å². The molecular weight excluding hydrogens is 406 g/mol. The first-order valence-corrected chi connectivity index (χ1v) is 11.3. The second kappa shape index (κ2) is 9.02. The Morgan fingerprint density at radius 1 is 1.25 bits per heavy atom. The molecule has 2 fully saturated rings. The third-order valence-electron chi connectivity index (χ3n) is 6.67. The molecule has 2 saturated heterocycles. The van der Waals surface area contributed by atoms with Gasteiger partial charge in [-0.1, -0.05) is 24.3 Å². The number of ether oxygens (including phenoxy) is 2. The third kappa shape index (κ3) is 4.16. The Hall–Kier alpha value is -2.74. The Morgan fingerprint density at radius 2 is 2.12 bits per heavy atom. The van der Waals surface area contributed by atoms with Crippen LogP contribution in [0.5, 0.6) is 0 Å². The van der Waals surface area contributed by atoms with Gasteiger partial charge >= 0.3 is 5.97 Å². The number of esters is 1. The highest BCUT2D eigenvalue weighted by atomic mass is 16.5. The predicted molar refractivity (Wildman–Crippen MR) is 120 cm³/mol. The van der Waals surface area contributed by atoms with E-state index in [2.05, 4.69) is 21.6 Å². The SMILES string of the molecule is COC(=O)c1ccc2nc(CN3CC[C@H](c4cccc(CO)c4)C3)n(CC3CCO3)c2c1. The minimum Gasteiger partial charge on any atom is -0.465 e. The van der Waals surface area contributed by atoms with E-state index in [4.69, 9.17) is 14.5 Å². The van der Waals surface area contributed by atoms with Gasteiger partial charge < -0.3 is 19.1 Å². The lowest BCUT2D eigenvalue weighted by Crippen LogP contribution is -2.32. The number of aromatic nitrogens is 2. The van der Waals surface area contributed by atoms with Gasteiger partial charge in [-0.15, -0.1) is 0 Å². The Labute approximate surface area is 187 Å². The van der Waals surface area contributed by atoms with Crippen LogP contribution in [-0.2, 0) is 29.2 Å². The van der Waals surface area contributed by atoms with Crippen LogP contribution in [0.25, 0.3) is 11.0 Å². The van der Waals surface area contributed by atoms with Crippen LogP contribution in [0.15, 0.2) is 42.5 Å². The van der Waals surface area contributed by atoms with Gasteiger partial charge in [0, 0.05) is 13.2 Å². The number of imidazole rings is 1. The van der Waals surface area contributed by atoms with Gasteiger partial charge in [0.15, 0.2) is 0 Å². The van der Waals surface area contributed by atoms with E-state index >= 15 is 0 Å². The van der Waals surface area contributed by atoms with E-state index in [9.17, 15) is 9.90 Å². The lowest BCUT2D eigenvalue weighted by Gasteiger charge is -2.28. The van der Waals surface area contributed by atoms with Gasteiger partial charge in [-0.3, -0.25) is 4.90 Å².